The van der Waals surface area contributed by atoms with E-state index in [9.17, 15) is 18.8 Å². The molecule has 3 amide bonds. The number of nitrogens with zero attached hydrogens (tertiary/aromatic N) is 7. The Morgan fingerprint density at radius 3 is 1.34 bits per heavy atom. The van der Waals surface area contributed by atoms with Crippen molar-refractivity contribution in [1.82, 2.24) is 50.0 Å². The molecular weight excluding hydrogens is 1470 g/mol. The Kier molecular flexibility index (Phi) is 34.9. The van der Waals surface area contributed by atoms with Gasteiger partial charge in [0.05, 0.1) is 30.4 Å². The number of imidazole rings is 1. The van der Waals surface area contributed by atoms with Crippen LogP contribution in [-0.2, 0) is 43.8 Å². The van der Waals surface area contributed by atoms with Crippen molar-refractivity contribution < 1.29 is 23.5 Å². The molecule has 2 atom stereocenters. The average molecular weight is 1620 g/mol. The number of alkyl halides is 1. The van der Waals surface area contributed by atoms with Gasteiger partial charge in [0, 0.05) is 88.2 Å². The van der Waals surface area contributed by atoms with Crippen molar-refractivity contribution >= 4 is 29.0 Å². The number of ether oxygens (including phenoxy) is 1. The van der Waals surface area contributed by atoms with E-state index in [2.05, 4.69) is 269 Å². The molecule has 8 heterocycles. The van der Waals surface area contributed by atoms with Crippen molar-refractivity contribution in [2.45, 2.75) is 258 Å². The fraction of sp³-hybridized carbons (Fsp3) is 0.544. The molecule has 15 nitrogen and oxygen atoms in total. The molecule has 646 valence electrons. The van der Waals surface area contributed by atoms with E-state index in [1.807, 2.05) is 87.9 Å². The number of carbonyl (C=O) groups excluding carboxylic acids is 3. The first-order valence-corrected chi connectivity index (χ1v) is 44.6. The SMILES string of the molecule is CC(C)(C)c1ccc(C(=O)N2CCCC(Cn3ccnc3)C2)cc1.CC(C)(C)c1ccc(C(=O)Nc2cnn(C3CCNCC3)c2)cc1.CC(C)(C)c1ccc(C2=CCNCC2)cc1.CC(C)(C)c1ccc(C2CCN(CCF)CC2)cc1.CC(C)(C)c1ccc(C2CCNCC2)cc1.COC1CCCN(C(=O)c2ccc(C(C)(C)C)cc2)C1. The lowest BCUT2D eigenvalue weighted by Crippen LogP contribution is -2.42. The van der Waals surface area contributed by atoms with Crippen LogP contribution in [0.25, 0.3) is 5.57 Å². The number of hydrogen-bond acceptors (Lipinski definition) is 10. The molecule has 0 radical (unpaired) electrons. The predicted molar refractivity (Wildman–Crippen MR) is 494 cm³/mol. The quantitative estimate of drug-likeness (QED) is 0.0877. The van der Waals surface area contributed by atoms with Gasteiger partial charge in [0.1, 0.15) is 6.67 Å². The summed E-state index contributed by atoms with van der Waals surface area (Å²) < 4.78 is 21.8. The monoisotopic (exact) mass is 1620 g/mol. The number of benzene rings is 6. The third-order valence-electron chi connectivity index (χ3n) is 24.4. The predicted octanol–water partition coefficient (Wildman–Crippen LogP) is 21.3. The van der Waals surface area contributed by atoms with E-state index in [1.54, 1.807) is 13.3 Å². The van der Waals surface area contributed by atoms with E-state index in [-0.39, 0.29) is 63.0 Å². The Labute approximate surface area is 716 Å². The number of nitrogens with one attached hydrogen (secondary N) is 4. The van der Waals surface area contributed by atoms with Gasteiger partial charge < -0.3 is 45.3 Å². The van der Waals surface area contributed by atoms with Crippen molar-refractivity contribution in [2.24, 2.45) is 5.92 Å². The molecule has 0 aliphatic carbocycles. The van der Waals surface area contributed by atoms with E-state index in [1.165, 1.54) is 88.0 Å². The highest BCUT2D eigenvalue weighted by molar-refractivity contribution is 6.04. The number of rotatable bonds is 13. The Balaban J connectivity index is 0.000000164. The highest BCUT2D eigenvalue weighted by Crippen LogP contribution is 2.34. The van der Waals surface area contributed by atoms with Crippen molar-refractivity contribution in [2.75, 3.05) is 104 Å². The van der Waals surface area contributed by atoms with Crippen LogP contribution in [0.3, 0.4) is 0 Å². The van der Waals surface area contributed by atoms with Gasteiger partial charge in [0.2, 0.25) is 0 Å². The van der Waals surface area contributed by atoms with Gasteiger partial charge >= 0.3 is 0 Å². The molecule has 4 N–H and O–H groups in total. The maximum atomic E-state index is 12.8. The van der Waals surface area contributed by atoms with Crippen molar-refractivity contribution in [1.29, 1.82) is 0 Å². The van der Waals surface area contributed by atoms with Gasteiger partial charge in [0.25, 0.3) is 17.7 Å². The fourth-order valence-electron chi connectivity index (χ4n) is 16.3. The van der Waals surface area contributed by atoms with Gasteiger partial charge in [-0.3, -0.25) is 19.1 Å². The molecule has 14 rings (SSSR count). The smallest absolute Gasteiger partial charge is 0.255 e. The van der Waals surface area contributed by atoms with E-state index >= 15 is 0 Å². The zero-order valence-electron chi connectivity index (χ0n) is 76.2. The first-order chi connectivity index (χ1) is 56.4. The van der Waals surface area contributed by atoms with Crippen molar-refractivity contribution in [3.05, 3.63) is 250 Å². The number of anilines is 1. The highest BCUT2D eigenvalue weighted by atomic mass is 19.1. The average Bonchev–Trinajstić information content (AvgIpc) is 1.67. The molecule has 6 aliphatic rings. The number of likely N-dealkylation sites (tertiary alicyclic amines) is 3. The second-order valence-corrected chi connectivity index (χ2v) is 40.0. The number of methoxy groups -OCH3 is 1. The third-order valence-corrected chi connectivity index (χ3v) is 24.4. The minimum Gasteiger partial charge on any atom is -0.380 e. The summed E-state index contributed by atoms with van der Waals surface area (Å²) in [6.45, 7) is 53.0. The molecule has 16 heteroatoms. The Morgan fingerprint density at radius 1 is 0.487 bits per heavy atom. The van der Waals surface area contributed by atoms with Crippen LogP contribution in [0.4, 0.5) is 10.1 Å². The van der Waals surface area contributed by atoms with E-state index in [0.717, 1.165) is 140 Å². The molecule has 0 saturated carbocycles. The van der Waals surface area contributed by atoms with E-state index in [0.29, 0.717) is 36.5 Å². The summed E-state index contributed by atoms with van der Waals surface area (Å²) in [4.78, 5) is 48.0. The van der Waals surface area contributed by atoms with Gasteiger partial charge in [-0.05, 0) is 259 Å². The number of aromatic nitrogens is 4. The summed E-state index contributed by atoms with van der Waals surface area (Å²) in [6.07, 6.45) is 24.3. The second kappa shape index (κ2) is 43.9. The van der Waals surface area contributed by atoms with Gasteiger partial charge in [-0.25, -0.2) is 9.37 Å². The highest BCUT2D eigenvalue weighted by Gasteiger charge is 2.29. The molecule has 5 fully saturated rings. The summed E-state index contributed by atoms with van der Waals surface area (Å²) in [6, 6.07) is 51.8. The maximum absolute atomic E-state index is 12.8. The van der Waals surface area contributed by atoms with Crippen LogP contribution in [0.5, 0.6) is 0 Å². The Bertz CT molecular complexity index is 4360. The van der Waals surface area contributed by atoms with Crippen LogP contribution in [0, 0.1) is 5.92 Å². The number of halogens is 1. The normalized spacial score (nSPS) is 18.2. The van der Waals surface area contributed by atoms with Crippen LogP contribution >= 0.6 is 0 Å². The largest absolute Gasteiger partial charge is 0.380 e. The topological polar surface area (TPSA) is 154 Å². The lowest BCUT2D eigenvalue weighted by Gasteiger charge is -2.33. The molecule has 2 aromatic heterocycles. The molecule has 2 unspecified atom stereocenters. The number of piperidine rings is 5. The molecule has 119 heavy (non-hydrogen) atoms. The zero-order chi connectivity index (χ0) is 86.1. The van der Waals surface area contributed by atoms with Crippen LogP contribution in [0.2, 0.25) is 0 Å². The standard InChI is InChI=1S/C20H27N3O.C19H26N4O.C17H26FN.C17H25NO2.C15H23N.C15H21N/c1-20(2,3)18-8-6-17(7-9-18)19(24)23-11-4-5-16(14-23)13-22-12-10-21-15-22;1-19(2,3)15-6-4-14(5-7-15)18(24)22-16-12-21-23(13-16)17-8-10-20-11-9-17;1-17(2,3)16-6-4-14(5-7-16)15-8-11-19(12-9-15)13-10-18;1-17(2,3)14-9-7-13(8-10-14)16(19)18-11-5-6-15(12-18)20-4;2*1-15(2,3)14-6-4-12(5-7-14)13-8-10-16-11-9-13/h6-10,12,15-16H,4-5,11,13-14H2,1-3H3;4-7,12-13,17,20H,8-11H2,1-3H3,(H,22,24);4-7,15H,8-13H2,1-3H3;7-10,15H,5-6,11-12H2,1-4H3;4-7,13,16H,8-11H2,1-3H3;4-8,16H,9-11H2,1-3H3. The van der Waals surface area contributed by atoms with E-state index < -0.39 is 0 Å². The minimum absolute atomic E-state index is 0.0883. The van der Waals surface area contributed by atoms with Gasteiger partial charge in [-0.2, -0.15) is 5.10 Å². The Hall–Kier alpha value is -8.38. The molecule has 6 aromatic carbocycles. The van der Waals surface area contributed by atoms with Crippen LogP contribution in [0.15, 0.2) is 183 Å². The second-order valence-electron chi connectivity index (χ2n) is 40.0. The maximum Gasteiger partial charge on any atom is 0.255 e. The molecule has 5 saturated heterocycles. The molecular formula is C103H148FN11O4. The third kappa shape index (κ3) is 29.7. The number of hydrogen-bond donors (Lipinski definition) is 4. The number of carbonyl (C=O) groups is 3. The van der Waals surface area contributed by atoms with Crippen molar-refractivity contribution in [3.63, 3.8) is 0 Å². The minimum atomic E-state index is -0.217. The summed E-state index contributed by atoms with van der Waals surface area (Å²) in [5.74, 6) is 2.12. The molecule has 8 aromatic rings. The lowest BCUT2D eigenvalue weighted by atomic mass is 9.84. The molecule has 0 bridgehead atoms. The van der Waals surface area contributed by atoms with E-state index in [4.69, 9.17) is 4.74 Å². The fourth-order valence-corrected chi connectivity index (χ4v) is 16.3. The zero-order valence-corrected chi connectivity index (χ0v) is 76.2. The number of amides is 3. The van der Waals surface area contributed by atoms with Crippen LogP contribution in [-0.4, -0.2) is 157 Å². The first-order valence-electron chi connectivity index (χ1n) is 44.6. The Morgan fingerprint density at radius 2 is 0.916 bits per heavy atom. The summed E-state index contributed by atoms with van der Waals surface area (Å²) in [5.41, 5.74) is 17.9. The summed E-state index contributed by atoms with van der Waals surface area (Å²) in [5, 5.41) is 17.5. The summed E-state index contributed by atoms with van der Waals surface area (Å²) >= 11 is 0. The molecule has 0 spiro atoms. The molecule has 6 aliphatic heterocycles. The van der Waals surface area contributed by atoms with Gasteiger partial charge in [-0.1, -0.05) is 240 Å². The van der Waals surface area contributed by atoms with Gasteiger partial charge in [0.15, 0.2) is 0 Å². The van der Waals surface area contributed by atoms with Crippen LogP contribution < -0.4 is 21.3 Å². The van der Waals surface area contributed by atoms with Gasteiger partial charge in [-0.15, -0.1) is 0 Å². The first kappa shape index (κ1) is 94.5. The lowest BCUT2D eigenvalue weighted by molar-refractivity contribution is 0.0269. The van der Waals surface area contributed by atoms with Crippen molar-refractivity contribution in [3.8, 4) is 0 Å². The van der Waals surface area contributed by atoms with Crippen LogP contribution in [0.1, 0.15) is 294 Å². The summed E-state index contributed by atoms with van der Waals surface area (Å²) in [7, 11) is 1.72.